The quantitative estimate of drug-likeness (QED) is 0.0631. The summed E-state index contributed by atoms with van der Waals surface area (Å²) in [5.74, 6) is -71.4. The number of halogens is 20. The van der Waals surface area contributed by atoms with Crippen molar-refractivity contribution in [2.24, 2.45) is 0 Å². The van der Waals surface area contributed by atoms with E-state index in [0.717, 1.165) is 0 Å². The summed E-state index contributed by atoms with van der Waals surface area (Å²) >= 11 is 0. The van der Waals surface area contributed by atoms with Crippen molar-refractivity contribution in [2.75, 3.05) is 0 Å². The Bertz CT molecular complexity index is 1750. The summed E-state index contributed by atoms with van der Waals surface area (Å²) in [5.41, 5.74) is -9.99. The summed E-state index contributed by atoms with van der Waals surface area (Å²) in [7, 11) is 0. The predicted octanol–water partition coefficient (Wildman–Crippen LogP) is 7.43. The molecule has 1 nitrogen and oxygen atoms in total. The highest BCUT2D eigenvalue weighted by Crippen LogP contribution is 2.30. The van der Waals surface area contributed by atoms with Crippen LogP contribution < -0.4 is 27.6 Å². The van der Waals surface area contributed by atoms with Crippen LogP contribution in [-0.2, 0) is 0 Å². The summed E-state index contributed by atoms with van der Waals surface area (Å²) in [4.78, 5) is 0. The Balaban J connectivity index is 0.000000772. The largest absolute Gasteiger partial charge is 0.353 e. The van der Waals surface area contributed by atoms with Gasteiger partial charge in [0.1, 0.15) is 52.7 Å². The lowest BCUT2D eigenvalue weighted by atomic mass is 9.12. The zero-order chi connectivity index (χ0) is 41.7. The van der Waals surface area contributed by atoms with E-state index in [2.05, 4.69) is 26.5 Å². The first kappa shape index (κ1) is 43.9. The standard InChI is InChI=1S/C24BF20.C8H19N/c26-5-1(6(27)14(35)21(42)13(5)34)25(2-7(28)15(36)22(43)16(37)8(2)29,3-9(30)17(38)23(44)18(39)10(3)31)4-11(32)19(40)24(45)20(41)12(4)33;1-4-5-6-7-8(2,3)9/h;4-7,9H2,1-3H3/q-1;/p+1. The van der Waals surface area contributed by atoms with Crippen LogP contribution in [0.15, 0.2) is 0 Å². The first-order chi connectivity index (χ1) is 24.8. The highest BCUT2D eigenvalue weighted by Gasteiger charge is 2.52. The molecule has 4 aromatic carbocycles. The van der Waals surface area contributed by atoms with Gasteiger partial charge in [-0.3, -0.25) is 0 Å². The molecule has 0 spiro atoms. The van der Waals surface area contributed by atoms with Crippen molar-refractivity contribution < 1.29 is 93.5 Å². The minimum absolute atomic E-state index is 0.301. The van der Waals surface area contributed by atoms with Gasteiger partial charge in [-0.1, -0.05) is 19.8 Å². The molecule has 0 saturated heterocycles. The lowest BCUT2D eigenvalue weighted by Crippen LogP contribution is -2.81. The second-order valence-electron chi connectivity index (χ2n) is 12.4. The highest BCUT2D eigenvalue weighted by atomic mass is 19.2. The van der Waals surface area contributed by atoms with Crippen LogP contribution >= 0.6 is 0 Å². The van der Waals surface area contributed by atoms with Crippen molar-refractivity contribution in [1.29, 1.82) is 0 Å². The maximum absolute atomic E-state index is 15.4. The summed E-state index contributed by atoms with van der Waals surface area (Å²) in [5, 5.41) is 0. The van der Waals surface area contributed by atoms with Gasteiger partial charge in [-0.2, -0.15) is 0 Å². The molecule has 54 heavy (non-hydrogen) atoms. The Morgan fingerprint density at radius 2 is 0.500 bits per heavy atom. The number of benzene rings is 4. The molecule has 0 aliphatic carbocycles. The van der Waals surface area contributed by atoms with Gasteiger partial charge in [0.15, 0.2) is 69.8 Å². The molecule has 4 rings (SSSR count). The van der Waals surface area contributed by atoms with Gasteiger partial charge in [-0.05, 0) is 20.3 Å². The Labute approximate surface area is 290 Å². The van der Waals surface area contributed by atoms with E-state index in [1.807, 2.05) is 0 Å². The molecule has 0 saturated carbocycles. The van der Waals surface area contributed by atoms with Crippen LogP contribution in [0.2, 0.25) is 0 Å². The zero-order valence-corrected chi connectivity index (χ0v) is 27.2. The van der Waals surface area contributed by atoms with E-state index >= 15 is 35.1 Å². The molecule has 0 aliphatic heterocycles. The normalized spacial score (nSPS) is 12.0. The van der Waals surface area contributed by atoms with Gasteiger partial charge in [0, 0.05) is 6.42 Å². The van der Waals surface area contributed by atoms with Crippen LogP contribution in [-0.4, -0.2) is 11.7 Å². The molecule has 296 valence electrons. The van der Waals surface area contributed by atoms with Crippen LogP contribution in [0.3, 0.4) is 0 Å². The lowest BCUT2D eigenvalue weighted by Gasteiger charge is -2.44. The second-order valence-corrected chi connectivity index (χ2v) is 12.4. The highest BCUT2D eigenvalue weighted by molar-refractivity contribution is 7.20. The molecule has 0 aromatic heterocycles. The molecule has 3 N–H and O–H groups in total. The molecule has 0 aliphatic rings. The molecule has 4 aromatic rings. The molecule has 0 unspecified atom stereocenters. The summed E-state index contributed by atoms with van der Waals surface area (Å²) < 4.78 is 294. The lowest BCUT2D eigenvalue weighted by molar-refractivity contribution is -0.467. The number of quaternary nitrogens is 1. The Kier molecular flexibility index (Phi) is 12.8. The fraction of sp³-hybridized carbons (Fsp3) is 0.250. The van der Waals surface area contributed by atoms with E-state index in [4.69, 9.17) is 0 Å². The van der Waals surface area contributed by atoms with Crippen molar-refractivity contribution in [2.45, 2.75) is 52.0 Å². The number of hydrogen-bond acceptors (Lipinski definition) is 0. The van der Waals surface area contributed by atoms with Crippen LogP contribution in [0.5, 0.6) is 0 Å². The zero-order valence-electron chi connectivity index (χ0n) is 27.2. The smallest absolute Gasteiger partial charge is 0.200 e. The molecule has 0 atom stereocenters. The number of hydrogen-bond donors (Lipinski definition) is 1. The molecule has 0 fully saturated rings. The third kappa shape index (κ3) is 6.96. The third-order valence-corrected chi connectivity index (χ3v) is 8.16. The molecule has 22 heteroatoms. The van der Waals surface area contributed by atoms with Crippen molar-refractivity contribution in [3.05, 3.63) is 116 Å². The Morgan fingerprint density at radius 3 is 0.648 bits per heavy atom. The van der Waals surface area contributed by atoms with E-state index in [-0.39, 0.29) is 0 Å². The van der Waals surface area contributed by atoms with Crippen LogP contribution in [0.25, 0.3) is 0 Å². The van der Waals surface area contributed by atoms with E-state index in [1.54, 1.807) is 0 Å². The van der Waals surface area contributed by atoms with E-state index in [9.17, 15) is 52.7 Å². The van der Waals surface area contributed by atoms with Crippen molar-refractivity contribution in [3.63, 3.8) is 0 Å². The monoisotopic (exact) mass is 809 g/mol. The van der Waals surface area contributed by atoms with Gasteiger partial charge in [0.2, 0.25) is 0 Å². The van der Waals surface area contributed by atoms with Crippen LogP contribution in [0.1, 0.15) is 46.5 Å². The number of unbranched alkanes of at least 4 members (excludes halogenated alkanes) is 2. The third-order valence-electron chi connectivity index (χ3n) is 8.16. The SMILES string of the molecule is CCCCCC(C)(C)[NH3+].Fc1c(F)c(F)c([B-](c2c(F)c(F)c(F)c(F)c2F)(c2c(F)c(F)c(F)c(F)c2F)c2c(F)c(F)c(F)c(F)c2F)c(F)c1F. The first-order valence-electron chi connectivity index (χ1n) is 14.8. The maximum Gasteiger partial charge on any atom is 0.200 e. The molecule has 0 radical (unpaired) electrons. The molecule has 0 heterocycles. The molecular formula is C32H20BF20N. The summed E-state index contributed by atoms with van der Waals surface area (Å²) in [6.45, 7) is 6.63. The average Bonchev–Trinajstić information content (AvgIpc) is 3.11. The van der Waals surface area contributed by atoms with Crippen molar-refractivity contribution in [1.82, 2.24) is 0 Å². The minimum Gasteiger partial charge on any atom is -0.353 e. The molecule has 0 bridgehead atoms. The van der Waals surface area contributed by atoms with Crippen LogP contribution in [0, 0.1) is 116 Å². The van der Waals surface area contributed by atoms with Gasteiger partial charge < -0.3 is 5.73 Å². The van der Waals surface area contributed by atoms with Gasteiger partial charge in [0.05, 0.1) is 5.54 Å². The minimum atomic E-state index is -7.22. The molecular weight excluding hydrogens is 789 g/mol. The topological polar surface area (TPSA) is 27.6 Å². The fourth-order valence-corrected chi connectivity index (χ4v) is 5.73. The summed E-state index contributed by atoms with van der Waals surface area (Å²) in [6, 6.07) is 0. The molecule has 0 amide bonds. The maximum atomic E-state index is 15.4. The van der Waals surface area contributed by atoms with Gasteiger partial charge >= 0.3 is 0 Å². The van der Waals surface area contributed by atoms with Crippen molar-refractivity contribution >= 4 is 28.0 Å². The Hall–Kier alpha value is -4.50. The van der Waals surface area contributed by atoms with Crippen molar-refractivity contribution in [3.8, 4) is 0 Å². The first-order valence-corrected chi connectivity index (χ1v) is 14.8. The Morgan fingerprint density at radius 1 is 0.333 bits per heavy atom. The van der Waals surface area contributed by atoms with E-state index < -0.39 is 144 Å². The fourth-order valence-electron chi connectivity index (χ4n) is 5.73. The van der Waals surface area contributed by atoms with Gasteiger partial charge in [-0.15, -0.1) is 21.9 Å². The second kappa shape index (κ2) is 15.7. The number of rotatable bonds is 8. The predicted molar refractivity (Wildman–Crippen MR) is 150 cm³/mol. The van der Waals surface area contributed by atoms with Gasteiger partial charge in [-0.25, -0.2) is 87.8 Å². The average molecular weight is 809 g/mol. The van der Waals surface area contributed by atoms with E-state index in [0.29, 0.717) is 5.54 Å². The van der Waals surface area contributed by atoms with E-state index in [1.165, 1.54) is 25.7 Å². The van der Waals surface area contributed by atoms with Crippen LogP contribution in [0.4, 0.5) is 87.8 Å². The van der Waals surface area contributed by atoms with Gasteiger partial charge in [0.25, 0.3) is 0 Å². The summed E-state index contributed by atoms with van der Waals surface area (Å²) in [6.07, 6.45) is -1.94.